The van der Waals surface area contributed by atoms with E-state index in [2.05, 4.69) is 54.8 Å². The lowest BCUT2D eigenvalue weighted by Gasteiger charge is -2.16. The van der Waals surface area contributed by atoms with Crippen LogP contribution in [0.15, 0.2) is 48.0 Å². The minimum absolute atomic E-state index is 0.753. The Morgan fingerprint density at radius 2 is 2.04 bits per heavy atom. The first-order valence-corrected chi connectivity index (χ1v) is 10.0. The average Bonchev–Trinajstić information content (AvgIpc) is 3.27. The Morgan fingerprint density at radius 1 is 1.16 bits per heavy atom. The van der Waals surface area contributed by atoms with Gasteiger partial charge >= 0.3 is 0 Å². The highest BCUT2D eigenvalue weighted by Gasteiger charge is 2.22. The van der Waals surface area contributed by atoms with Crippen molar-refractivity contribution in [2.24, 2.45) is 5.92 Å². The highest BCUT2D eigenvalue weighted by molar-refractivity contribution is 7.98. The van der Waals surface area contributed by atoms with Gasteiger partial charge in [0.05, 0.1) is 6.33 Å². The maximum absolute atomic E-state index is 4.51. The molecule has 1 aliphatic rings. The van der Waals surface area contributed by atoms with Gasteiger partial charge in [0, 0.05) is 19.6 Å². The van der Waals surface area contributed by atoms with Crippen LogP contribution >= 0.6 is 11.8 Å². The van der Waals surface area contributed by atoms with E-state index in [4.69, 9.17) is 0 Å². The predicted octanol–water partition coefficient (Wildman–Crippen LogP) is 3.46. The van der Waals surface area contributed by atoms with E-state index < -0.39 is 0 Å². The van der Waals surface area contributed by atoms with E-state index in [1.54, 1.807) is 18.1 Å². The molecule has 6 heteroatoms. The summed E-state index contributed by atoms with van der Waals surface area (Å²) >= 11 is 1.62. The van der Waals surface area contributed by atoms with Crippen molar-refractivity contribution in [2.45, 2.75) is 31.0 Å². The summed E-state index contributed by atoms with van der Waals surface area (Å²) in [6, 6.07) is 10.8. The smallest absolute Gasteiger partial charge is 0.164 e. The number of nitrogens with zero attached hydrogens (tertiary/aromatic N) is 5. The van der Waals surface area contributed by atoms with Gasteiger partial charge in [-0.15, -0.1) is 11.8 Å². The summed E-state index contributed by atoms with van der Waals surface area (Å²) in [4.78, 5) is 15.8. The molecule has 1 aliphatic heterocycles. The molecule has 0 bridgehead atoms. The van der Waals surface area contributed by atoms with Crippen LogP contribution < -0.4 is 0 Å². The molecule has 0 spiro atoms. The molecular formula is C19H23N5S. The highest BCUT2D eigenvalue weighted by atomic mass is 32.2. The van der Waals surface area contributed by atoms with E-state index >= 15 is 0 Å². The number of rotatable bonds is 6. The summed E-state index contributed by atoms with van der Waals surface area (Å²) < 4.78 is 2.18. The van der Waals surface area contributed by atoms with Gasteiger partial charge in [-0.05, 0) is 37.1 Å². The number of hydrogen-bond acceptors (Lipinski definition) is 5. The van der Waals surface area contributed by atoms with Gasteiger partial charge in [0.2, 0.25) is 0 Å². The van der Waals surface area contributed by atoms with Crippen molar-refractivity contribution in [1.29, 1.82) is 0 Å². The first-order chi connectivity index (χ1) is 12.3. The molecule has 130 valence electrons. The third-order valence-electron chi connectivity index (χ3n) is 4.96. The zero-order valence-electron chi connectivity index (χ0n) is 14.5. The lowest BCUT2D eigenvalue weighted by atomic mass is 10.1. The van der Waals surface area contributed by atoms with Crippen LogP contribution in [-0.4, -0.2) is 43.8 Å². The fourth-order valence-corrected chi connectivity index (χ4v) is 4.12. The Bertz CT molecular complexity index is 832. The molecule has 0 amide bonds. The van der Waals surface area contributed by atoms with Gasteiger partial charge in [-0.1, -0.05) is 30.3 Å². The zero-order chi connectivity index (χ0) is 17.1. The van der Waals surface area contributed by atoms with Gasteiger partial charge in [-0.2, -0.15) is 0 Å². The third-order valence-corrected chi connectivity index (χ3v) is 5.64. The fourth-order valence-electron chi connectivity index (χ4n) is 3.63. The summed E-state index contributed by atoms with van der Waals surface area (Å²) in [5.41, 5.74) is 3.29. The van der Waals surface area contributed by atoms with Gasteiger partial charge in [-0.3, -0.25) is 4.90 Å². The second-order valence-electron chi connectivity index (χ2n) is 6.66. The minimum atomic E-state index is 0.753. The summed E-state index contributed by atoms with van der Waals surface area (Å²) in [7, 11) is 0. The van der Waals surface area contributed by atoms with Crippen molar-refractivity contribution in [3.63, 3.8) is 0 Å². The Morgan fingerprint density at radius 3 is 2.88 bits per heavy atom. The van der Waals surface area contributed by atoms with Crippen LogP contribution in [-0.2, 0) is 13.1 Å². The molecule has 3 heterocycles. The summed E-state index contributed by atoms with van der Waals surface area (Å²) in [5, 5.41) is 0.957. The molecule has 1 saturated heterocycles. The summed E-state index contributed by atoms with van der Waals surface area (Å²) in [6.45, 7) is 4.43. The van der Waals surface area contributed by atoms with Crippen molar-refractivity contribution in [3.8, 4) is 0 Å². The molecule has 1 unspecified atom stereocenters. The van der Waals surface area contributed by atoms with E-state index in [-0.39, 0.29) is 0 Å². The van der Waals surface area contributed by atoms with Crippen molar-refractivity contribution in [1.82, 2.24) is 24.4 Å². The van der Waals surface area contributed by atoms with Gasteiger partial charge < -0.3 is 4.57 Å². The largest absolute Gasteiger partial charge is 0.315 e. The Labute approximate surface area is 152 Å². The highest BCUT2D eigenvalue weighted by Crippen LogP contribution is 2.24. The van der Waals surface area contributed by atoms with Crippen LogP contribution in [0, 0.1) is 5.92 Å². The van der Waals surface area contributed by atoms with E-state index in [0.29, 0.717) is 0 Å². The SMILES string of the molecule is CSc1ncnc2c1ncn2CCC1CCN(Cc2ccccc2)C1. The second kappa shape index (κ2) is 7.54. The topological polar surface area (TPSA) is 46.8 Å². The molecule has 4 rings (SSSR count). The zero-order valence-corrected chi connectivity index (χ0v) is 15.3. The van der Waals surface area contributed by atoms with E-state index in [1.807, 2.05) is 12.6 Å². The van der Waals surface area contributed by atoms with E-state index in [0.717, 1.165) is 35.2 Å². The Hall–Kier alpha value is -1.92. The molecule has 2 aromatic heterocycles. The number of aromatic nitrogens is 4. The van der Waals surface area contributed by atoms with Gasteiger partial charge in [0.15, 0.2) is 5.65 Å². The number of hydrogen-bond donors (Lipinski definition) is 0. The standard InChI is InChI=1S/C19H23N5S/c1-25-19-17-18(20-13-21-19)24(14-22-17)10-8-16-7-9-23(12-16)11-15-5-3-2-4-6-15/h2-6,13-14,16H,7-12H2,1H3. The van der Waals surface area contributed by atoms with Crippen LogP contribution in [0.5, 0.6) is 0 Å². The minimum Gasteiger partial charge on any atom is -0.315 e. The molecule has 0 radical (unpaired) electrons. The van der Waals surface area contributed by atoms with Crippen LogP contribution in [0.3, 0.4) is 0 Å². The summed E-state index contributed by atoms with van der Waals surface area (Å²) in [6.07, 6.45) is 8.04. The monoisotopic (exact) mass is 353 g/mol. The predicted molar refractivity (Wildman–Crippen MR) is 102 cm³/mol. The maximum atomic E-state index is 4.51. The molecule has 1 fully saturated rings. The van der Waals surface area contributed by atoms with Crippen LogP contribution in [0.1, 0.15) is 18.4 Å². The van der Waals surface area contributed by atoms with Crippen LogP contribution in [0.2, 0.25) is 0 Å². The number of imidazole rings is 1. The summed E-state index contributed by atoms with van der Waals surface area (Å²) in [5.74, 6) is 0.753. The van der Waals surface area contributed by atoms with E-state index in [9.17, 15) is 0 Å². The molecule has 25 heavy (non-hydrogen) atoms. The lowest BCUT2D eigenvalue weighted by Crippen LogP contribution is -2.20. The van der Waals surface area contributed by atoms with Gasteiger partial charge in [-0.25, -0.2) is 15.0 Å². The van der Waals surface area contributed by atoms with Crippen molar-refractivity contribution >= 4 is 22.9 Å². The second-order valence-corrected chi connectivity index (χ2v) is 7.45. The van der Waals surface area contributed by atoms with Crippen LogP contribution in [0.25, 0.3) is 11.2 Å². The van der Waals surface area contributed by atoms with Crippen molar-refractivity contribution in [2.75, 3.05) is 19.3 Å². The van der Waals surface area contributed by atoms with Crippen LogP contribution in [0.4, 0.5) is 0 Å². The average molecular weight is 353 g/mol. The molecule has 5 nitrogen and oxygen atoms in total. The fraction of sp³-hybridized carbons (Fsp3) is 0.421. The molecule has 1 atom stereocenters. The quantitative estimate of drug-likeness (QED) is 0.502. The molecule has 3 aromatic rings. The number of likely N-dealkylation sites (tertiary alicyclic amines) is 1. The number of benzene rings is 1. The van der Waals surface area contributed by atoms with Crippen molar-refractivity contribution in [3.05, 3.63) is 48.5 Å². The first kappa shape index (κ1) is 16.5. The molecular weight excluding hydrogens is 330 g/mol. The normalized spacial score (nSPS) is 18.2. The van der Waals surface area contributed by atoms with Crippen molar-refractivity contribution < 1.29 is 0 Å². The third kappa shape index (κ3) is 3.70. The lowest BCUT2D eigenvalue weighted by molar-refractivity contribution is 0.310. The first-order valence-electron chi connectivity index (χ1n) is 8.79. The molecule has 0 saturated carbocycles. The number of aryl methyl sites for hydroxylation is 1. The molecule has 0 N–H and O–H groups in total. The maximum Gasteiger partial charge on any atom is 0.164 e. The molecule has 0 aliphatic carbocycles. The molecule has 1 aromatic carbocycles. The van der Waals surface area contributed by atoms with Gasteiger partial charge in [0.1, 0.15) is 16.9 Å². The Kier molecular flexibility index (Phi) is 4.99. The number of fused-ring (bicyclic) bond motifs is 1. The number of thioether (sulfide) groups is 1. The van der Waals surface area contributed by atoms with Gasteiger partial charge in [0.25, 0.3) is 0 Å². The Balaban J connectivity index is 1.35. The van der Waals surface area contributed by atoms with E-state index in [1.165, 1.54) is 31.5 Å².